The third kappa shape index (κ3) is 6.02. The third-order valence-corrected chi connectivity index (χ3v) is 7.01. The standard InChI is InChI=1S/C27H35FN4O2/c1-19-10-12-20(13-11-19)27(34)32-15-4-7-22(18-32)26(33)31(2)14-5-9-24-17-25(30-29-24)21-6-3-8-23(28)16-21/h3,6,8,10-13,16,22,24-25,29-30H,4-5,7,9,14-15,17-18H2,1-2H3. The Labute approximate surface area is 201 Å². The van der Waals surface area contributed by atoms with Crippen molar-refractivity contribution in [3.63, 3.8) is 0 Å². The fourth-order valence-electron chi connectivity index (χ4n) is 4.99. The van der Waals surface area contributed by atoms with Gasteiger partial charge in [0.05, 0.1) is 5.92 Å². The van der Waals surface area contributed by atoms with E-state index in [0.717, 1.165) is 43.2 Å². The predicted octanol–water partition coefficient (Wildman–Crippen LogP) is 3.83. The Kier molecular flexibility index (Phi) is 7.95. The van der Waals surface area contributed by atoms with Crippen LogP contribution in [-0.4, -0.2) is 54.3 Å². The SMILES string of the molecule is Cc1ccc(C(=O)N2CCCC(C(=O)N(C)CCCC3CC(c4cccc(F)c4)NN3)C2)cc1. The number of aryl methyl sites for hydroxylation is 1. The Balaban J connectivity index is 1.22. The molecule has 7 heteroatoms. The van der Waals surface area contributed by atoms with Crippen LogP contribution >= 0.6 is 0 Å². The summed E-state index contributed by atoms with van der Waals surface area (Å²) < 4.78 is 13.5. The number of amides is 2. The van der Waals surface area contributed by atoms with Gasteiger partial charge >= 0.3 is 0 Å². The Morgan fingerprint density at radius 1 is 1.15 bits per heavy atom. The van der Waals surface area contributed by atoms with Crippen molar-refractivity contribution in [2.24, 2.45) is 5.92 Å². The average molecular weight is 467 g/mol. The van der Waals surface area contributed by atoms with Crippen molar-refractivity contribution in [3.8, 4) is 0 Å². The van der Waals surface area contributed by atoms with Crippen molar-refractivity contribution in [2.75, 3.05) is 26.7 Å². The molecule has 182 valence electrons. The first kappa shape index (κ1) is 24.4. The van der Waals surface area contributed by atoms with Crippen LogP contribution in [0.2, 0.25) is 0 Å². The van der Waals surface area contributed by atoms with Crippen LogP contribution in [0.3, 0.4) is 0 Å². The smallest absolute Gasteiger partial charge is 0.253 e. The monoisotopic (exact) mass is 466 g/mol. The fourth-order valence-corrected chi connectivity index (χ4v) is 4.99. The highest BCUT2D eigenvalue weighted by molar-refractivity contribution is 5.94. The second kappa shape index (κ2) is 11.1. The van der Waals surface area contributed by atoms with Crippen LogP contribution in [-0.2, 0) is 4.79 Å². The Bertz CT molecular complexity index is 996. The van der Waals surface area contributed by atoms with Gasteiger partial charge in [-0.25, -0.2) is 4.39 Å². The Morgan fingerprint density at radius 3 is 2.71 bits per heavy atom. The van der Waals surface area contributed by atoms with Gasteiger partial charge in [0.25, 0.3) is 5.91 Å². The molecule has 2 fully saturated rings. The molecule has 0 spiro atoms. The highest BCUT2D eigenvalue weighted by Crippen LogP contribution is 2.25. The molecule has 2 aromatic carbocycles. The second-order valence-corrected chi connectivity index (χ2v) is 9.69. The molecule has 3 atom stereocenters. The van der Waals surface area contributed by atoms with Crippen molar-refractivity contribution in [1.82, 2.24) is 20.7 Å². The molecule has 0 aromatic heterocycles. The normalized spacial score (nSPS) is 22.6. The van der Waals surface area contributed by atoms with E-state index in [0.29, 0.717) is 25.2 Å². The van der Waals surface area contributed by atoms with Gasteiger partial charge in [0.1, 0.15) is 5.82 Å². The van der Waals surface area contributed by atoms with Gasteiger partial charge in [0.2, 0.25) is 5.91 Å². The number of carbonyl (C=O) groups excluding carboxylic acids is 2. The van der Waals surface area contributed by atoms with E-state index in [9.17, 15) is 14.0 Å². The molecule has 3 unspecified atom stereocenters. The summed E-state index contributed by atoms with van der Waals surface area (Å²) in [6, 6.07) is 14.7. The minimum absolute atomic E-state index is 0.00723. The average Bonchev–Trinajstić information content (AvgIpc) is 3.32. The number of halogens is 1. The molecule has 0 saturated carbocycles. The van der Waals surface area contributed by atoms with Crippen LogP contribution in [0, 0.1) is 18.7 Å². The quantitative estimate of drug-likeness (QED) is 0.651. The van der Waals surface area contributed by atoms with Crippen LogP contribution in [0.5, 0.6) is 0 Å². The van der Waals surface area contributed by atoms with Crippen LogP contribution in [0.25, 0.3) is 0 Å². The molecule has 4 rings (SSSR count). The molecule has 6 nitrogen and oxygen atoms in total. The van der Waals surface area contributed by atoms with Gasteiger partial charge < -0.3 is 9.80 Å². The molecule has 2 aliphatic rings. The number of rotatable bonds is 7. The molecule has 34 heavy (non-hydrogen) atoms. The lowest BCUT2D eigenvalue weighted by Gasteiger charge is -2.34. The van der Waals surface area contributed by atoms with Crippen molar-refractivity contribution in [2.45, 2.75) is 51.1 Å². The zero-order chi connectivity index (χ0) is 24.1. The van der Waals surface area contributed by atoms with Crippen LogP contribution in [0.1, 0.15) is 59.6 Å². The highest BCUT2D eigenvalue weighted by Gasteiger charge is 2.31. The topological polar surface area (TPSA) is 64.7 Å². The second-order valence-electron chi connectivity index (χ2n) is 9.69. The Morgan fingerprint density at radius 2 is 1.94 bits per heavy atom. The molecule has 2 saturated heterocycles. The molecular formula is C27H35FN4O2. The third-order valence-electron chi connectivity index (χ3n) is 7.01. The molecule has 2 aliphatic heterocycles. The lowest BCUT2D eigenvalue weighted by molar-refractivity contribution is -0.135. The number of nitrogens with one attached hydrogen (secondary N) is 2. The van der Waals surface area contributed by atoms with E-state index in [2.05, 4.69) is 10.9 Å². The van der Waals surface area contributed by atoms with Crippen LogP contribution in [0.4, 0.5) is 4.39 Å². The van der Waals surface area contributed by atoms with Crippen molar-refractivity contribution in [1.29, 1.82) is 0 Å². The summed E-state index contributed by atoms with van der Waals surface area (Å²) in [6.07, 6.45) is 4.38. The molecular weight excluding hydrogens is 431 g/mol. The lowest BCUT2D eigenvalue weighted by atomic mass is 9.95. The maximum atomic E-state index is 13.5. The van der Waals surface area contributed by atoms with E-state index in [1.807, 2.05) is 54.1 Å². The zero-order valence-corrected chi connectivity index (χ0v) is 20.1. The summed E-state index contributed by atoms with van der Waals surface area (Å²) in [7, 11) is 1.86. The molecule has 2 N–H and O–H groups in total. The number of nitrogens with zero attached hydrogens (tertiary/aromatic N) is 2. The van der Waals surface area contributed by atoms with E-state index in [1.54, 1.807) is 12.1 Å². The van der Waals surface area contributed by atoms with Crippen LogP contribution < -0.4 is 10.9 Å². The first-order chi connectivity index (χ1) is 16.4. The Hall–Kier alpha value is -2.77. The maximum Gasteiger partial charge on any atom is 0.253 e. The summed E-state index contributed by atoms with van der Waals surface area (Å²) >= 11 is 0. The van der Waals surface area contributed by atoms with E-state index >= 15 is 0 Å². The summed E-state index contributed by atoms with van der Waals surface area (Å²) in [5.41, 5.74) is 9.32. The highest BCUT2D eigenvalue weighted by atomic mass is 19.1. The number of likely N-dealkylation sites (tertiary alicyclic amines) is 1. The van der Waals surface area contributed by atoms with Crippen molar-refractivity contribution in [3.05, 3.63) is 71.0 Å². The van der Waals surface area contributed by atoms with Gasteiger partial charge in [-0.3, -0.25) is 20.4 Å². The summed E-state index contributed by atoms with van der Waals surface area (Å²) in [4.78, 5) is 29.6. The zero-order valence-electron chi connectivity index (χ0n) is 20.1. The van der Waals surface area contributed by atoms with E-state index < -0.39 is 0 Å². The molecule has 0 bridgehead atoms. The number of benzene rings is 2. The van der Waals surface area contributed by atoms with Crippen LogP contribution in [0.15, 0.2) is 48.5 Å². The maximum absolute atomic E-state index is 13.5. The van der Waals surface area contributed by atoms with Crippen molar-refractivity contribution >= 4 is 11.8 Å². The number of carbonyl (C=O) groups is 2. The number of hydrogen-bond acceptors (Lipinski definition) is 4. The molecule has 2 aromatic rings. The minimum Gasteiger partial charge on any atom is -0.345 e. The van der Waals surface area contributed by atoms with Gasteiger partial charge in [-0.2, -0.15) is 0 Å². The van der Waals surface area contributed by atoms with Gasteiger partial charge in [0.15, 0.2) is 0 Å². The van der Waals surface area contributed by atoms with Crippen molar-refractivity contribution < 1.29 is 14.0 Å². The van der Waals surface area contributed by atoms with E-state index in [1.165, 1.54) is 6.07 Å². The van der Waals surface area contributed by atoms with E-state index in [-0.39, 0.29) is 35.6 Å². The first-order valence-corrected chi connectivity index (χ1v) is 12.3. The molecule has 0 radical (unpaired) electrons. The molecule has 2 heterocycles. The number of hydrogen-bond donors (Lipinski definition) is 2. The van der Waals surface area contributed by atoms with E-state index in [4.69, 9.17) is 0 Å². The minimum atomic E-state index is -0.218. The molecule has 0 aliphatic carbocycles. The summed E-state index contributed by atoms with van der Waals surface area (Å²) in [5, 5.41) is 0. The summed E-state index contributed by atoms with van der Waals surface area (Å²) in [6.45, 7) is 3.87. The summed E-state index contributed by atoms with van der Waals surface area (Å²) in [5.74, 6) is -0.231. The van der Waals surface area contributed by atoms with Gasteiger partial charge in [0, 0.05) is 44.3 Å². The number of piperidine rings is 1. The van der Waals surface area contributed by atoms with Gasteiger partial charge in [-0.1, -0.05) is 29.8 Å². The molecule has 2 amide bonds. The predicted molar refractivity (Wildman–Crippen MR) is 130 cm³/mol. The largest absolute Gasteiger partial charge is 0.345 e. The van der Waals surface area contributed by atoms with Gasteiger partial charge in [-0.15, -0.1) is 0 Å². The van der Waals surface area contributed by atoms with Gasteiger partial charge in [-0.05, 0) is 68.9 Å². The lowest BCUT2D eigenvalue weighted by Crippen LogP contribution is -2.46. The fraction of sp³-hybridized carbons (Fsp3) is 0.481. The first-order valence-electron chi connectivity index (χ1n) is 12.3. The number of hydrazine groups is 1.